The van der Waals surface area contributed by atoms with E-state index in [9.17, 15) is 48.2 Å². The molecule has 20 heteroatoms. The fraction of sp³-hybridized carbons (Fsp3) is 0.556. The Balaban J connectivity index is 2.06. The number of hydrogen-bond acceptors (Lipinski definition) is 14. The highest BCUT2D eigenvalue weighted by Crippen LogP contribution is 2.61. The first-order valence-electron chi connectivity index (χ1n) is 7.16. The number of phosphoric ester groups is 1. The van der Waals surface area contributed by atoms with Crippen molar-refractivity contribution >= 4 is 23.5 Å². The third-order valence-electron chi connectivity index (χ3n) is 3.26. The quantitative estimate of drug-likeness (QED) is 0.255. The van der Waals surface area contributed by atoms with Gasteiger partial charge in [0.15, 0.2) is 6.23 Å². The van der Waals surface area contributed by atoms with Gasteiger partial charge in [0.1, 0.15) is 18.3 Å². The second kappa shape index (κ2) is 8.61. The highest BCUT2D eigenvalue weighted by molar-refractivity contribution is 7.65. The molecule has 1 aromatic heterocycles. The molecule has 0 spiro atoms. The molecule has 1 fully saturated rings. The van der Waals surface area contributed by atoms with Gasteiger partial charge in [0.05, 0.1) is 6.61 Å². The van der Waals surface area contributed by atoms with Crippen molar-refractivity contribution in [1.82, 2.24) is 9.55 Å². The van der Waals surface area contributed by atoms with Crippen LogP contribution in [0.2, 0.25) is 0 Å². The molecule has 7 atom stereocenters. The van der Waals surface area contributed by atoms with Crippen LogP contribution in [0.3, 0.4) is 0 Å². The normalized spacial score (nSPS) is 31.0. The van der Waals surface area contributed by atoms with E-state index in [4.69, 9.17) is 9.63 Å². The first kappa shape index (κ1) is 24.2. The first-order chi connectivity index (χ1) is 13.1. The number of aliphatic hydroxyl groups excluding tert-OH is 2. The fourth-order valence-corrected chi connectivity index (χ4v) is 5.07. The third kappa shape index (κ3) is 6.73. The monoisotopic (exact) mass is 481 g/mol. The number of aliphatic hydroxyl groups is 2. The Bertz CT molecular complexity index is 997. The molecule has 0 bridgehead atoms. The first-order valence-corrected chi connectivity index (χ1v) is 11.6. The standard InChI is InChI=1S/C9H15N2O15P3/c12-5-1-2-11(9(15)10-5)8-7(14)6(13)4(24-8)3-23-28(19,20)26-29(21,22)25-27(16,17)18/h1-2,4,6-8,13-14H,3H2,(H,19,20)(H,21,22)(H,10,12,15)(H2,16,17,18)/p-3/t4-,6?,7+,8-/m1/s1. The maximum Gasteiger partial charge on any atom is 0.330 e. The van der Waals surface area contributed by atoms with Crippen LogP contribution < -0.4 is 25.9 Å². The molecule has 166 valence electrons. The van der Waals surface area contributed by atoms with Crippen LogP contribution >= 0.6 is 23.5 Å². The second-order valence-electron chi connectivity index (χ2n) is 5.39. The van der Waals surface area contributed by atoms with Gasteiger partial charge in [-0.15, -0.1) is 0 Å². The van der Waals surface area contributed by atoms with Crippen LogP contribution in [0.25, 0.3) is 0 Å². The molecular formula is C9H12N2O15P3-3. The summed E-state index contributed by atoms with van der Waals surface area (Å²) in [5.41, 5.74) is -1.79. The summed E-state index contributed by atoms with van der Waals surface area (Å²) in [7, 11) is -17.8. The number of aromatic nitrogens is 2. The number of rotatable bonds is 8. The predicted octanol–water partition coefficient (Wildman–Crippen LogP) is -4.40. The van der Waals surface area contributed by atoms with Crippen molar-refractivity contribution < 1.29 is 61.4 Å². The van der Waals surface area contributed by atoms with E-state index in [1.54, 1.807) is 0 Å². The molecule has 0 saturated carbocycles. The van der Waals surface area contributed by atoms with Crippen molar-refractivity contribution in [3.05, 3.63) is 33.1 Å². The van der Waals surface area contributed by atoms with Gasteiger partial charge < -0.3 is 39.0 Å². The van der Waals surface area contributed by atoms with E-state index in [0.717, 1.165) is 12.3 Å². The Hall–Kier alpha value is -1.03. The summed E-state index contributed by atoms with van der Waals surface area (Å²) < 4.78 is 49.3. The molecule has 29 heavy (non-hydrogen) atoms. The van der Waals surface area contributed by atoms with Gasteiger partial charge in [-0.3, -0.25) is 28.0 Å². The minimum Gasteiger partial charge on any atom is -0.756 e. The fourth-order valence-electron chi connectivity index (χ4n) is 2.18. The number of aromatic amines is 1. The lowest BCUT2D eigenvalue weighted by atomic mass is 10.1. The van der Waals surface area contributed by atoms with Crippen molar-refractivity contribution in [3.8, 4) is 0 Å². The molecule has 2 heterocycles. The Morgan fingerprint density at radius 1 is 1.10 bits per heavy atom. The number of nitrogens with one attached hydrogen (secondary N) is 1. The molecule has 1 aromatic rings. The van der Waals surface area contributed by atoms with E-state index in [-0.39, 0.29) is 0 Å². The Morgan fingerprint density at radius 2 is 1.72 bits per heavy atom. The van der Waals surface area contributed by atoms with Crippen molar-refractivity contribution in [2.45, 2.75) is 24.5 Å². The van der Waals surface area contributed by atoms with Gasteiger partial charge in [-0.2, -0.15) is 0 Å². The van der Waals surface area contributed by atoms with Crippen LogP contribution in [-0.2, 0) is 31.6 Å². The number of H-pyrrole nitrogens is 1. The molecule has 0 amide bonds. The highest BCUT2D eigenvalue weighted by atomic mass is 31.3. The second-order valence-corrected chi connectivity index (χ2v) is 9.68. The summed E-state index contributed by atoms with van der Waals surface area (Å²) in [6.07, 6.45) is -5.93. The van der Waals surface area contributed by atoms with Gasteiger partial charge in [-0.1, -0.05) is 0 Å². The van der Waals surface area contributed by atoms with Crippen LogP contribution in [0.1, 0.15) is 6.23 Å². The third-order valence-corrected chi connectivity index (χ3v) is 6.95. The van der Waals surface area contributed by atoms with Crippen molar-refractivity contribution in [2.24, 2.45) is 0 Å². The van der Waals surface area contributed by atoms with Crippen LogP contribution in [0.4, 0.5) is 0 Å². The molecular weight excluding hydrogens is 469 g/mol. The van der Waals surface area contributed by atoms with Crippen LogP contribution in [0.5, 0.6) is 0 Å². The Morgan fingerprint density at radius 3 is 2.28 bits per heavy atom. The minimum absolute atomic E-state index is 0.676. The summed E-state index contributed by atoms with van der Waals surface area (Å²) in [4.78, 5) is 65.8. The summed E-state index contributed by atoms with van der Waals surface area (Å²) in [6.45, 7) is -1.15. The number of hydrogen-bond donors (Lipinski definition) is 4. The summed E-state index contributed by atoms with van der Waals surface area (Å²) >= 11 is 0. The number of phosphoric acid groups is 3. The van der Waals surface area contributed by atoms with Gasteiger partial charge in [-0.05, 0) is 0 Å². The molecule has 4 unspecified atom stereocenters. The van der Waals surface area contributed by atoms with Gasteiger partial charge in [0, 0.05) is 12.3 Å². The largest absolute Gasteiger partial charge is 0.756 e. The number of ether oxygens (including phenoxy) is 1. The highest BCUT2D eigenvalue weighted by Gasteiger charge is 2.44. The van der Waals surface area contributed by atoms with Gasteiger partial charge in [-0.25, -0.2) is 13.4 Å². The maximum atomic E-state index is 11.7. The zero-order valence-electron chi connectivity index (χ0n) is 13.7. The lowest BCUT2D eigenvalue weighted by Crippen LogP contribution is -2.37. The maximum absolute atomic E-state index is 11.7. The molecule has 1 saturated heterocycles. The van der Waals surface area contributed by atoms with Crippen molar-refractivity contribution in [1.29, 1.82) is 0 Å². The topological polar surface area (TPSA) is 273 Å². The van der Waals surface area contributed by atoms with Crippen LogP contribution in [-0.4, -0.2) is 49.6 Å². The molecule has 0 radical (unpaired) electrons. The summed E-state index contributed by atoms with van der Waals surface area (Å²) in [6, 6.07) is 0.898. The zero-order valence-corrected chi connectivity index (χ0v) is 16.4. The summed E-state index contributed by atoms with van der Waals surface area (Å²) in [5.74, 6) is 0. The molecule has 2 rings (SSSR count). The molecule has 4 N–H and O–H groups in total. The van der Waals surface area contributed by atoms with E-state index in [1.165, 1.54) is 0 Å². The summed E-state index contributed by atoms with van der Waals surface area (Å²) in [5, 5.41) is 19.8. The number of nitrogens with zero attached hydrogens (tertiary/aromatic N) is 1. The smallest absolute Gasteiger partial charge is 0.330 e. The molecule has 1 aliphatic rings. The average Bonchev–Trinajstić information content (AvgIpc) is 2.78. The van der Waals surface area contributed by atoms with Crippen molar-refractivity contribution in [3.63, 3.8) is 0 Å². The SMILES string of the molecule is O=c1ccn([C@@H]2O[C@H](COP(=O)([O-])OP(=O)([O-])OP(=O)([O-])O)C(O)[C@@H]2O)c(=O)[nH]1. The lowest BCUT2D eigenvalue weighted by Gasteiger charge is -2.33. The van der Waals surface area contributed by atoms with E-state index in [2.05, 4.69) is 13.1 Å². The van der Waals surface area contributed by atoms with Crippen LogP contribution in [0.15, 0.2) is 21.9 Å². The van der Waals surface area contributed by atoms with Gasteiger partial charge >= 0.3 is 5.69 Å². The van der Waals surface area contributed by atoms with E-state index < -0.39 is 65.9 Å². The van der Waals surface area contributed by atoms with Crippen molar-refractivity contribution in [2.75, 3.05) is 6.61 Å². The predicted molar refractivity (Wildman–Crippen MR) is 80.4 cm³/mol. The Labute approximate surface area is 159 Å². The zero-order chi connectivity index (χ0) is 22.2. The molecule has 1 aliphatic heterocycles. The van der Waals surface area contributed by atoms with Gasteiger partial charge in [0.25, 0.3) is 29.0 Å². The van der Waals surface area contributed by atoms with E-state index in [1.807, 2.05) is 4.98 Å². The van der Waals surface area contributed by atoms with E-state index in [0.29, 0.717) is 4.57 Å². The van der Waals surface area contributed by atoms with Gasteiger partial charge in [0.2, 0.25) is 0 Å². The lowest BCUT2D eigenvalue weighted by molar-refractivity contribution is -0.250. The molecule has 0 aromatic carbocycles. The average molecular weight is 481 g/mol. The molecule has 0 aliphatic carbocycles. The Kier molecular flexibility index (Phi) is 7.20. The minimum atomic E-state index is -6.10. The van der Waals surface area contributed by atoms with E-state index >= 15 is 0 Å². The van der Waals surface area contributed by atoms with Crippen LogP contribution in [0, 0.1) is 0 Å². The molecule has 17 nitrogen and oxygen atoms in total.